The van der Waals surface area contributed by atoms with Crippen LogP contribution in [0.2, 0.25) is 0 Å². The number of hydrogen-bond donors (Lipinski definition) is 2. The Labute approximate surface area is 130 Å². The fraction of sp³-hybridized carbons (Fsp3) is 0.412. The van der Waals surface area contributed by atoms with Gasteiger partial charge in [0.2, 0.25) is 0 Å². The molecule has 0 aromatic heterocycles. The molecule has 5 nitrogen and oxygen atoms in total. The smallest absolute Gasteiger partial charge is 0.407 e. The lowest BCUT2D eigenvalue weighted by Gasteiger charge is -2.19. The summed E-state index contributed by atoms with van der Waals surface area (Å²) in [6.07, 6.45) is 0.0780. The molecule has 2 N–H and O–H groups in total. The lowest BCUT2D eigenvalue weighted by Crippen LogP contribution is -2.32. The van der Waals surface area contributed by atoms with Crippen LogP contribution in [0.3, 0.4) is 0 Å². The zero-order valence-electron chi connectivity index (χ0n) is 13.1. The molecular weight excluding hydrogens is 280 g/mol. The van der Waals surface area contributed by atoms with Crippen molar-refractivity contribution in [1.29, 1.82) is 0 Å². The van der Waals surface area contributed by atoms with Crippen LogP contribution in [0.25, 0.3) is 0 Å². The van der Waals surface area contributed by atoms with Gasteiger partial charge in [0.25, 0.3) is 5.91 Å². The first-order valence-corrected chi connectivity index (χ1v) is 7.22. The molecule has 2 rings (SSSR count). The van der Waals surface area contributed by atoms with Crippen LogP contribution in [0.15, 0.2) is 18.2 Å². The van der Waals surface area contributed by atoms with E-state index in [0.717, 1.165) is 11.1 Å². The molecule has 5 heteroatoms. The van der Waals surface area contributed by atoms with Gasteiger partial charge in [0.15, 0.2) is 0 Å². The van der Waals surface area contributed by atoms with Crippen LogP contribution in [-0.4, -0.2) is 24.1 Å². The molecule has 0 atom stereocenters. The largest absolute Gasteiger partial charge is 0.444 e. The maximum absolute atomic E-state index is 11.6. The summed E-state index contributed by atoms with van der Waals surface area (Å²) in [7, 11) is 0. The molecule has 1 aliphatic rings. The van der Waals surface area contributed by atoms with Crippen LogP contribution >= 0.6 is 0 Å². The highest BCUT2D eigenvalue weighted by molar-refractivity contribution is 5.98. The molecule has 116 valence electrons. The molecule has 0 bridgehead atoms. The third-order valence-electron chi connectivity index (χ3n) is 2.99. The Morgan fingerprint density at radius 1 is 1.41 bits per heavy atom. The quantitative estimate of drug-likeness (QED) is 0.650. The minimum Gasteiger partial charge on any atom is -0.444 e. The topological polar surface area (TPSA) is 67.4 Å². The molecular formula is C17H20N2O3. The average molecular weight is 300 g/mol. The molecule has 2 amide bonds. The van der Waals surface area contributed by atoms with Crippen molar-refractivity contribution in [1.82, 2.24) is 10.6 Å². The zero-order valence-corrected chi connectivity index (χ0v) is 13.1. The second kappa shape index (κ2) is 6.52. The van der Waals surface area contributed by atoms with E-state index in [9.17, 15) is 9.59 Å². The minimum absolute atomic E-state index is 0.0507. The van der Waals surface area contributed by atoms with Crippen molar-refractivity contribution in [3.8, 4) is 11.8 Å². The highest BCUT2D eigenvalue weighted by Gasteiger charge is 2.20. The summed E-state index contributed by atoms with van der Waals surface area (Å²) in [6.45, 7) is 6.40. The van der Waals surface area contributed by atoms with Gasteiger partial charge < -0.3 is 15.4 Å². The number of carbonyl (C=O) groups excluding carboxylic acids is 2. The highest BCUT2D eigenvalue weighted by atomic mass is 16.6. The fourth-order valence-corrected chi connectivity index (χ4v) is 2.07. The van der Waals surface area contributed by atoms with Crippen LogP contribution in [0.1, 0.15) is 48.7 Å². The first kappa shape index (κ1) is 15.9. The summed E-state index contributed by atoms with van der Waals surface area (Å²) in [4.78, 5) is 23.0. The van der Waals surface area contributed by atoms with Crippen molar-refractivity contribution in [2.45, 2.75) is 39.3 Å². The third kappa shape index (κ3) is 4.26. The number of alkyl carbamates (subject to hydrolysis) is 1. The number of rotatable bonds is 2. The Kier molecular flexibility index (Phi) is 4.71. The standard InChI is InChI=1S/C17H20N2O3/c1-17(2,3)22-16(21)18-10-5-4-7-12-8-6-9-13-14(12)11-19-15(13)20/h6,8-9H,5,10-11H2,1-3H3,(H,18,21)(H,19,20). The van der Waals surface area contributed by atoms with Crippen molar-refractivity contribution in [3.05, 3.63) is 34.9 Å². The Bertz CT molecular complexity index is 648. The van der Waals surface area contributed by atoms with Gasteiger partial charge in [-0.05, 0) is 38.5 Å². The second-order valence-electron chi connectivity index (χ2n) is 5.99. The number of nitrogens with one attached hydrogen (secondary N) is 2. The van der Waals surface area contributed by atoms with Gasteiger partial charge in [-0.2, -0.15) is 0 Å². The van der Waals surface area contributed by atoms with Crippen molar-refractivity contribution < 1.29 is 14.3 Å². The molecule has 0 radical (unpaired) electrons. The first-order chi connectivity index (χ1) is 10.4. The van der Waals surface area contributed by atoms with E-state index < -0.39 is 11.7 Å². The Balaban J connectivity index is 1.86. The van der Waals surface area contributed by atoms with Crippen LogP contribution in [0.4, 0.5) is 4.79 Å². The predicted octanol–water partition coefficient (Wildman–Crippen LogP) is 2.20. The van der Waals surface area contributed by atoms with Gasteiger partial charge in [-0.15, -0.1) is 0 Å². The summed E-state index contributed by atoms with van der Waals surface area (Å²) in [6, 6.07) is 5.52. The van der Waals surface area contributed by atoms with E-state index in [0.29, 0.717) is 25.1 Å². The van der Waals surface area contributed by atoms with E-state index >= 15 is 0 Å². The number of hydrogen-bond acceptors (Lipinski definition) is 3. The molecule has 0 fully saturated rings. The number of fused-ring (bicyclic) bond motifs is 1. The molecule has 1 aliphatic heterocycles. The predicted molar refractivity (Wildman–Crippen MR) is 83.3 cm³/mol. The number of carbonyl (C=O) groups is 2. The van der Waals surface area contributed by atoms with Gasteiger partial charge in [-0.1, -0.05) is 17.9 Å². The molecule has 1 aromatic rings. The Morgan fingerprint density at radius 2 is 2.18 bits per heavy atom. The van der Waals surface area contributed by atoms with E-state index in [-0.39, 0.29) is 5.91 Å². The van der Waals surface area contributed by atoms with Gasteiger partial charge in [-0.25, -0.2) is 4.79 Å². The van der Waals surface area contributed by atoms with Crippen molar-refractivity contribution in [3.63, 3.8) is 0 Å². The molecule has 0 unspecified atom stereocenters. The maximum atomic E-state index is 11.6. The van der Waals surface area contributed by atoms with Crippen molar-refractivity contribution in [2.75, 3.05) is 6.54 Å². The van der Waals surface area contributed by atoms with E-state index in [1.54, 1.807) is 6.07 Å². The minimum atomic E-state index is -0.500. The average Bonchev–Trinajstić information content (AvgIpc) is 2.79. The highest BCUT2D eigenvalue weighted by Crippen LogP contribution is 2.18. The van der Waals surface area contributed by atoms with Crippen molar-refractivity contribution in [2.24, 2.45) is 0 Å². The first-order valence-electron chi connectivity index (χ1n) is 7.22. The van der Waals surface area contributed by atoms with Crippen LogP contribution in [-0.2, 0) is 11.3 Å². The van der Waals surface area contributed by atoms with E-state index in [1.807, 2.05) is 32.9 Å². The fourth-order valence-electron chi connectivity index (χ4n) is 2.07. The molecule has 0 saturated heterocycles. The van der Waals surface area contributed by atoms with Crippen LogP contribution in [0, 0.1) is 11.8 Å². The molecule has 1 aromatic carbocycles. The summed E-state index contributed by atoms with van der Waals surface area (Å²) >= 11 is 0. The van der Waals surface area contributed by atoms with Gasteiger partial charge in [0.1, 0.15) is 5.60 Å². The maximum Gasteiger partial charge on any atom is 0.407 e. The van der Waals surface area contributed by atoms with Gasteiger partial charge in [-0.3, -0.25) is 4.79 Å². The number of amides is 2. The lowest BCUT2D eigenvalue weighted by molar-refractivity contribution is 0.0529. The molecule has 0 saturated carbocycles. The van der Waals surface area contributed by atoms with Crippen LogP contribution < -0.4 is 10.6 Å². The number of benzene rings is 1. The summed E-state index contributed by atoms with van der Waals surface area (Å²) in [5.41, 5.74) is 1.99. The zero-order chi connectivity index (χ0) is 16.2. The van der Waals surface area contributed by atoms with Gasteiger partial charge >= 0.3 is 6.09 Å². The van der Waals surface area contributed by atoms with E-state index in [4.69, 9.17) is 4.74 Å². The molecule has 22 heavy (non-hydrogen) atoms. The van der Waals surface area contributed by atoms with Gasteiger partial charge in [0, 0.05) is 30.6 Å². The summed E-state index contributed by atoms with van der Waals surface area (Å²) in [5, 5.41) is 5.44. The lowest BCUT2D eigenvalue weighted by atomic mass is 10.0. The van der Waals surface area contributed by atoms with E-state index in [2.05, 4.69) is 22.5 Å². The van der Waals surface area contributed by atoms with Crippen molar-refractivity contribution >= 4 is 12.0 Å². The van der Waals surface area contributed by atoms with Gasteiger partial charge in [0.05, 0.1) is 0 Å². The summed E-state index contributed by atoms with van der Waals surface area (Å²) in [5.74, 6) is 6.01. The SMILES string of the molecule is CC(C)(C)OC(=O)NCCC#Cc1cccc2c1CNC2=O. The monoisotopic (exact) mass is 300 g/mol. The molecule has 1 heterocycles. The molecule has 0 spiro atoms. The summed E-state index contributed by atoms with van der Waals surface area (Å²) < 4.78 is 5.13. The Morgan fingerprint density at radius 3 is 2.91 bits per heavy atom. The number of ether oxygens (including phenoxy) is 1. The normalized spacial score (nSPS) is 12.8. The Hall–Kier alpha value is -2.48. The van der Waals surface area contributed by atoms with Crippen LogP contribution in [0.5, 0.6) is 0 Å². The second-order valence-corrected chi connectivity index (χ2v) is 5.99. The van der Waals surface area contributed by atoms with E-state index in [1.165, 1.54) is 0 Å². The third-order valence-corrected chi connectivity index (χ3v) is 2.99. The molecule has 0 aliphatic carbocycles.